The lowest BCUT2D eigenvalue weighted by atomic mass is 10.1. The summed E-state index contributed by atoms with van der Waals surface area (Å²) in [6.45, 7) is 5.31. The van der Waals surface area contributed by atoms with Crippen molar-refractivity contribution in [2.75, 3.05) is 18.5 Å². The van der Waals surface area contributed by atoms with Gasteiger partial charge in [-0.2, -0.15) is 0 Å². The van der Waals surface area contributed by atoms with E-state index in [4.69, 9.17) is 4.74 Å². The van der Waals surface area contributed by atoms with Crippen molar-refractivity contribution in [3.05, 3.63) is 59.2 Å². The number of carboxylic acid groups (broad SMARTS) is 1. The molecule has 0 saturated heterocycles. The number of carboxylic acids is 1. The van der Waals surface area contributed by atoms with E-state index in [1.165, 1.54) is 5.56 Å². The molecule has 2 aromatic rings. The van der Waals surface area contributed by atoms with E-state index in [1.54, 1.807) is 6.07 Å². The van der Waals surface area contributed by atoms with Crippen LogP contribution in [0.5, 0.6) is 5.75 Å². The first-order chi connectivity index (χ1) is 11.1. The topological polar surface area (TPSA) is 58.6 Å². The van der Waals surface area contributed by atoms with Crippen LogP contribution in [0.1, 0.15) is 34.3 Å². The number of hydrogen-bond acceptors (Lipinski definition) is 3. The molecule has 0 heterocycles. The monoisotopic (exact) mass is 313 g/mol. The van der Waals surface area contributed by atoms with E-state index < -0.39 is 5.97 Å². The number of anilines is 1. The second-order valence-corrected chi connectivity index (χ2v) is 5.65. The molecular weight excluding hydrogens is 290 g/mol. The van der Waals surface area contributed by atoms with Crippen LogP contribution in [0.2, 0.25) is 0 Å². The first-order valence-corrected chi connectivity index (χ1v) is 7.83. The molecule has 0 aliphatic rings. The SMILES string of the molecule is Cc1cccc(OCCCCNc2ccc(C)cc2C(=O)O)c1. The van der Waals surface area contributed by atoms with Crippen LogP contribution in [0.3, 0.4) is 0 Å². The molecule has 0 bridgehead atoms. The summed E-state index contributed by atoms with van der Waals surface area (Å²) >= 11 is 0. The highest BCUT2D eigenvalue weighted by Gasteiger charge is 2.09. The van der Waals surface area contributed by atoms with Gasteiger partial charge in [-0.05, 0) is 56.5 Å². The van der Waals surface area contributed by atoms with Crippen LogP contribution in [-0.4, -0.2) is 24.2 Å². The normalized spacial score (nSPS) is 10.3. The van der Waals surface area contributed by atoms with Gasteiger partial charge in [0.2, 0.25) is 0 Å². The standard InChI is InChI=1S/C19H23NO3/c1-14-6-5-7-16(12-14)23-11-4-3-10-20-18-9-8-15(2)13-17(18)19(21)22/h5-9,12-13,20H,3-4,10-11H2,1-2H3,(H,21,22). The number of hydrogen-bond donors (Lipinski definition) is 2. The highest BCUT2D eigenvalue weighted by atomic mass is 16.5. The number of nitrogens with one attached hydrogen (secondary N) is 1. The molecule has 2 aromatic carbocycles. The quantitative estimate of drug-likeness (QED) is 0.714. The molecule has 0 spiro atoms. The maximum atomic E-state index is 11.2. The second-order valence-electron chi connectivity index (χ2n) is 5.65. The average Bonchev–Trinajstić information content (AvgIpc) is 2.51. The van der Waals surface area contributed by atoms with Gasteiger partial charge in [-0.25, -0.2) is 4.79 Å². The molecule has 0 aliphatic heterocycles. The van der Waals surface area contributed by atoms with Crippen LogP contribution in [0.15, 0.2) is 42.5 Å². The minimum Gasteiger partial charge on any atom is -0.494 e. The molecule has 0 radical (unpaired) electrons. The van der Waals surface area contributed by atoms with E-state index in [2.05, 4.69) is 5.32 Å². The zero-order valence-electron chi connectivity index (χ0n) is 13.6. The van der Waals surface area contributed by atoms with Crippen LogP contribution < -0.4 is 10.1 Å². The highest BCUT2D eigenvalue weighted by Crippen LogP contribution is 2.17. The van der Waals surface area contributed by atoms with Crippen LogP contribution in [0, 0.1) is 13.8 Å². The third-order valence-corrected chi connectivity index (χ3v) is 3.55. The number of benzene rings is 2. The van der Waals surface area contributed by atoms with Crippen LogP contribution in [0.4, 0.5) is 5.69 Å². The van der Waals surface area contributed by atoms with Gasteiger partial charge in [0.15, 0.2) is 0 Å². The molecule has 4 nitrogen and oxygen atoms in total. The Morgan fingerprint density at radius 3 is 2.61 bits per heavy atom. The number of rotatable bonds is 8. The molecule has 0 saturated carbocycles. The van der Waals surface area contributed by atoms with Crippen LogP contribution in [0.25, 0.3) is 0 Å². The summed E-state index contributed by atoms with van der Waals surface area (Å²) in [5.41, 5.74) is 3.12. The first-order valence-electron chi connectivity index (χ1n) is 7.83. The number of carbonyl (C=O) groups is 1. The van der Waals surface area contributed by atoms with E-state index in [1.807, 2.05) is 50.2 Å². The van der Waals surface area contributed by atoms with E-state index in [9.17, 15) is 9.90 Å². The van der Waals surface area contributed by atoms with Gasteiger partial charge >= 0.3 is 5.97 Å². The molecule has 4 heteroatoms. The summed E-state index contributed by atoms with van der Waals surface area (Å²) in [6.07, 6.45) is 1.83. The smallest absolute Gasteiger partial charge is 0.337 e. The Kier molecular flexibility index (Phi) is 6.03. The molecule has 0 atom stereocenters. The van der Waals surface area contributed by atoms with Gasteiger partial charge in [-0.3, -0.25) is 0 Å². The summed E-state index contributed by atoms with van der Waals surface area (Å²) in [5, 5.41) is 12.4. The Labute approximate surface area is 137 Å². The number of aryl methyl sites for hydroxylation is 2. The molecule has 23 heavy (non-hydrogen) atoms. The van der Waals surface area contributed by atoms with Crippen molar-refractivity contribution in [2.24, 2.45) is 0 Å². The summed E-state index contributed by atoms with van der Waals surface area (Å²) in [6, 6.07) is 13.4. The lowest BCUT2D eigenvalue weighted by Crippen LogP contribution is -2.09. The zero-order chi connectivity index (χ0) is 16.7. The third-order valence-electron chi connectivity index (χ3n) is 3.55. The van der Waals surface area contributed by atoms with Gasteiger partial charge in [0, 0.05) is 12.2 Å². The van der Waals surface area contributed by atoms with Crippen molar-refractivity contribution >= 4 is 11.7 Å². The van der Waals surface area contributed by atoms with Crippen molar-refractivity contribution in [1.82, 2.24) is 0 Å². The van der Waals surface area contributed by atoms with Crippen molar-refractivity contribution in [2.45, 2.75) is 26.7 Å². The molecule has 2 N–H and O–H groups in total. The second kappa shape index (κ2) is 8.22. The van der Waals surface area contributed by atoms with Crippen molar-refractivity contribution in [3.63, 3.8) is 0 Å². The fourth-order valence-corrected chi connectivity index (χ4v) is 2.33. The fourth-order valence-electron chi connectivity index (χ4n) is 2.33. The molecule has 0 unspecified atom stereocenters. The molecule has 0 aromatic heterocycles. The molecule has 0 fully saturated rings. The van der Waals surface area contributed by atoms with Gasteiger partial charge in [0.05, 0.1) is 12.2 Å². The first kappa shape index (κ1) is 16.9. The van der Waals surface area contributed by atoms with Crippen molar-refractivity contribution in [1.29, 1.82) is 0 Å². The minimum absolute atomic E-state index is 0.320. The Hall–Kier alpha value is -2.49. The largest absolute Gasteiger partial charge is 0.494 e. The maximum Gasteiger partial charge on any atom is 0.337 e. The fraction of sp³-hybridized carbons (Fsp3) is 0.316. The zero-order valence-corrected chi connectivity index (χ0v) is 13.6. The predicted octanol–water partition coefficient (Wildman–Crippen LogP) is 4.27. The Morgan fingerprint density at radius 1 is 1.09 bits per heavy atom. The van der Waals surface area contributed by atoms with Gasteiger partial charge in [-0.15, -0.1) is 0 Å². The Bertz CT molecular complexity index is 667. The summed E-state index contributed by atoms with van der Waals surface area (Å²) in [7, 11) is 0. The molecule has 0 amide bonds. The number of ether oxygens (including phenoxy) is 1. The Morgan fingerprint density at radius 2 is 1.87 bits per heavy atom. The van der Waals surface area contributed by atoms with Gasteiger partial charge in [0.1, 0.15) is 5.75 Å². The third kappa shape index (κ3) is 5.33. The van der Waals surface area contributed by atoms with E-state index >= 15 is 0 Å². The van der Waals surface area contributed by atoms with E-state index in [-0.39, 0.29) is 0 Å². The summed E-state index contributed by atoms with van der Waals surface area (Å²) in [4.78, 5) is 11.2. The molecule has 0 aliphatic carbocycles. The van der Waals surface area contributed by atoms with Crippen molar-refractivity contribution in [3.8, 4) is 5.75 Å². The minimum atomic E-state index is -0.904. The lowest BCUT2D eigenvalue weighted by Gasteiger charge is -2.11. The molecule has 2 rings (SSSR count). The van der Waals surface area contributed by atoms with Gasteiger partial charge in [-0.1, -0.05) is 23.8 Å². The molecule has 122 valence electrons. The van der Waals surface area contributed by atoms with Gasteiger partial charge < -0.3 is 15.2 Å². The van der Waals surface area contributed by atoms with Crippen LogP contribution >= 0.6 is 0 Å². The summed E-state index contributed by atoms with van der Waals surface area (Å²) in [5.74, 6) is -0.0105. The van der Waals surface area contributed by atoms with Crippen molar-refractivity contribution < 1.29 is 14.6 Å². The Balaban J connectivity index is 1.73. The average molecular weight is 313 g/mol. The number of aromatic carboxylic acids is 1. The summed E-state index contributed by atoms with van der Waals surface area (Å²) < 4.78 is 5.69. The highest BCUT2D eigenvalue weighted by molar-refractivity contribution is 5.94. The van der Waals surface area contributed by atoms with E-state index in [0.717, 1.165) is 30.7 Å². The molecular formula is C19H23NO3. The maximum absolute atomic E-state index is 11.2. The lowest BCUT2D eigenvalue weighted by molar-refractivity contribution is 0.0698. The van der Waals surface area contributed by atoms with Crippen LogP contribution in [-0.2, 0) is 0 Å². The predicted molar refractivity (Wildman–Crippen MR) is 92.5 cm³/mol. The van der Waals surface area contributed by atoms with Gasteiger partial charge in [0.25, 0.3) is 0 Å². The number of unbranched alkanes of at least 4 members (excludes halogenated alkanes) is 1. The van der Waals surface area contributed by atoms with E-state index in [0.29, 0.717) is 17.9 Å².